The van der Waals surface area contributed by atoms with E-state index in [1.807, 2.05) is 0 Å². The van der Waals surface area contributed by atoms with E-state index in [4.69, 9.17) is 0 Å². The molecule has 0 spiro atoms. The van der Waals surface area contributed by atoms with Crippen molar-refractivity contribution in [1.82, 2.24) is 15.5 Å². The highest BCUT2D eigenvalue weighted by molar-refractivity contribution is 6.04. The Morgan fingerprint density at radius 3 is 3.00 bits per heavy atom. The van der Waals surface area contributed by atoms with Gasteiger partial charge in [-0.05, 0) is 30.7 Å². The van der Waals surface area contributed by atoms with Gasteiger partial charge in [-0.3, -0.25) is 9.89 Å². The number of nitrogens with one attached hydrogen (secondary N) is 3. The summed E-state index contributed by atoms with van der Waals surface area (Å²) in [5.74, 6) is -0.595. The van der Waals surface area contributed by atoms with E-state index < -0.39 is 0 Å². The van der Waals surface area contributed by atoms with Crippen molar-refractivity contribution in [2.75, 3.05) is 11.9 Å². The zero-order valence-electron chi connectivity index (χ0n) is 11.5. The highest BCUT2D eigenvalue weighted by atomic mass is 35.5. The zero-order chi connectivity index (χ0) is 14.1. The molecule has 1 aromatic carbocycles. The number of carbonyl (C=O) groups excluding carboxylic acids is 1. The number of fused-ring (bicyclic) bond motifs is 1. The van der Waals surface area contributed by atoms with Gasteiger partial charge in [0.05, 0.1) is 0 Å². The van der Waals surface area contributed by atoms with Gasteiger partial charge in [-0.15, -0.1) is 12.4 Å². The van der Waals surface area contributed by atoms with E-state index in [0.717, 1.165) is 24.2 Å². The molecule has 3 N–H and O–H groups in total. The molecule has 0 bridgehead atoms. The smallest absolute Gasteiger partial charge is 0.276 e. The Hall–Kier alpha value is -1.92. The van der Waals surface area contributed by atoms with E-state index in [2.05, 4.69) is 20.8 Å². The van der Waals surface area contributed by atoms with Gasteiger partial charge in [-0.2, -0.15) is 5.10 Å². The first kappa shape index (κ1) is 15.5. The summed E-state index contributed by atoms with van der Waals surface area (Å²) in [5.41, 5.74) is 3.59. The highest BCUT2D eigenvalue weighted by Crippen LogP contribution is 2.19. The minimum Gasteiger partial charge on any atom is -0.320 e. The number of aromatic amines is 1. The predicted octanol–water partition coefficient (Wildman–Crippen LogP) is 2.18. The molecule has 0 saturated heterocycles. The SMILES string of the molecule is Cc1cc(F)ccc1NC(=O)c1n[nH]c2c1CNCC2.Cl. The Kier molecular flexibility index (Phi) is 4.59. The molecule has 1 aliphatic heterocycles. The monoisotopic (exact) mass is 310 g/mol. The molecule has 1 aromatic heterocycles. The lowest BCUT2D eigenvalue weighted by molar-refractivity contribution is 0.102. The second kappa shape index (κ2) is 6.24. The fraction of sp³-hybridized carbons (Fsp3) is 0.286. The number of benzene rings is 1. The number of carbonyl (C=O) groups is 1. The standard InChI is InChI=1S/C14H15FN4O.ClH/c1-8-6-9(15)2-3-11(8)17-14(20)13-10-7-16-5-4-12(10)18-19-13;/h2-3,6,16H,4-5,7H2,1H3,(H,17,20)(H,18,19);1H. The molecule has 3 rings (SSSR count). The Bertz CT molecular complexity index is 671. The summed E-state index contributed by atoms with van der Waals surface area (Å²) in [4.78, 5) is 12.3. The number of hydrogen-bond acceptors (Lipinski definition) is 3. The van der Waals surface area contributed by atoms with Crippen LogP contribution in [-0.4, -0.2) is 22.6 Å². The largest absolute Gasteiger partial charge is 0.320 e. The van der Waals surface area contributed by atoms with Crippen LogP contribution in [0.3, 0.4) is 0 Å². The summed E-state index contributed by atoms with van der Waals surface area (Å²) in [5, 5.41) is 13.0. The number of H-pyrrole nitrogens is 1. The van der Waals surface area contributed by atoms with Crippen LogP contribution >= 0.6 is 12.4 Å². The first-order valence-electron chi connectivity index (χ1n) is 6.49. The normalized spacial score (nSPS) is 13.2. The molecular weight excluding hydrogens is 295 g/mol. The van der Waals surface area contributed by atoms with Crippen molar-refractivity contribution in [3.8, 4) is 0 Å². The molecule has 112 valence electrons. The Labute approximate surface area is 127 Å². The number of rotatable bonds is 2. The van der Waals surface area contributed by atoms with E-state index in [0.29, 0.717) is 23.5 Å². The molecule has 0 radical (unpaired) electrons. The number of hydrogen-bond donors (Lipinski definition) is 3. The topological polar surface area (TPSA) is 69.8 Å². The molecule has 0 aliphatic carbocycles. The van der Waals surface area contributed by atoms with Gasteiger partial charge in [0.25, 0.3) is 5.91 Å². The summed E-state index contributed by atoms with van der Waals surface area (Å²) < 4.78 is 13.0. The fourth-order valence-electron chi connectivity index (χ4n) is 2.36. The van der Waals surface area contributed by atoms with Crippen molar-refractivity contribution in [3.63, 3.8) is 0 Å². The predicted molar refractivity (Wildman–Crippen MR) is 80.3 cm³/mol. The minimum absolute atomic E-state index is 0. The van der Waals surface area contributed by atoms with E-state index in [9.17, 15) is 9.18 Å². The number of anilines is 1. The Balaban J connectivity index is 0.00000161. The van der Waals surface area contributed by atoms with Crippen LogP contribution in [0.15, 0.2) is 18.2 Å². The maximum Gasteiger partial charge on any atom is 0.276 e. The van der Waals surface area contributed by atoms with Crippen LogP contribution in [0.25, 0.3) is 0 Å². The van der Waals surface area contributed by atoms with Gasteiger partial charge in [-0.1, -0.05) is 0 Å². The summed E-state index contributed by atoms with van der Waals surface area (Å²) in [7, 11) is 0. The van der Waals surface area contributed by atoms with Crippen molar-refractivity contribution in [2.45, 2.75) is 19.9 Å². The molecule has 0 atom stereocenters. The molecule has 0 fully saturated rings. The van der Waals surface area contributed by atoms with E-state index >= 15 is 0 Å². The van der Waals surface area contributed by atoms with Crippen LogP contribution in [0.1, 0.15) is 27.3 Å². The second-order valence-corrected chi connectivity index (χ2v) is 4.87. The number of aromatic nitrogens is 2. The lowest BCUT2D eigenvalue weighted by Gasteiger charge is -2.13. The van der Waals surface area contributed by atoms with Crippen LogP contribution in [0.2, 0.25) is 0 Å². The van der Waals surface area contributed by atoms with E-state index in [1.165, 1.54) is 12.1 Å². The number of aryl methyl sites for hydroxylation is 1. The Morgan fingerprint density at radius 2 is 2.24 bits per heavy atom. The first-order chi connectivity index (χ1) is 9.65. The quantitative estimate of drug-likeness (QED) is 0.796. The maximum atomic E-state index is 13.0. The maximum absolute atomic E-state index is 13.0. The van der Waals surface area contributed by atoms with Crippen LogP contribution in [0, 0.1) is 12.7 Å². The van der Waals surface area contributed by atoms with Crippen molar-refractivity contribution in [3.05, 3.63) is 46.5 Å². The third kappa shape index (κ3) is 3.06. The second-order valence-electron chi connectivity index (χ2n) is 4.87. The number of halogens is 2. The van der Waals surface area contributed by atoms with Crippen molar-refractivity contribution in [2.24, 2.45) is 0 Å². The van der Waals surface area contributed by atoms with Crippen LogP contribution in [0.4, 0.5) is 10.1 Å². The van der Waals surface area contributed by atoms with Gasteiger partial charge < -0.3 is 10.6 Å². The van der Waals surface area contributed by atoms with Crippen LogP contribution in [-0.2, 0) is 13.0 Å². The molecular formula is C14H16ClFN4O. The van der Waals surface area contributed by atoms with Gasteiger partial charge in [-0.25, -0.2) is 4.39 Å². The van der Waals surface area contributed by atoms with Gasteiger partial charge in [0.1, 0.15) is 5.82 Å². The molecule has 2 heterocycles. The number of nitrogens with zero attached hydrogens (tertiary/aromatic N) is 1. The molecule has 1 amide bonds. The average Bonchev–Trinajstić information content (AvgIpc) is 2.86. The lowest BCUT2D eigenvalue weighted by Crippen LogP contribution is -2.25. The summed E-state index contributed by atoms with van der Waals surface area (Å²) >= 11 is 0. The van der Waals surface area contributed by atoms with Crippen molar-refractivity contribution in [1.29, 1.82) is 0 Å². The van der Waals surface area contributed by atoms with Crippen molar-refractivity contribution < 1.29 is 9.18 Å². The van der Waals surface area contributed by atoms with E-state index in [1.54, 1.807) is 13.0 Å². The molecule has 7 heteroatoms. The van der Waals surface area contributed by atoms with Gasteiger partial charge in [0.2, 0.25) is 0 Å². The highest BCUT2D eigenvalue weighted by Gasteiger charge is 2.21. The summed E-state index contributed by atoms with van der Waals surface area (Å²) in [6.07, 6.45) is 0.838. The zero-order valence-corrected chi connectivity index (χ0v) is 12.3. The summed E-state index contributed by atoms with van der Waals surface area (Å²) in [6, 6.07) is 4.27. The molecule has 0 unspecified atom stereocenters. The van der Waals surface area contributed by atoms with Gasteiger partial charge >= 0.3 is 0 Å². The van der Waals surface area contributed by atoms with Crippen LogP contribution < -0.4 is 10.6 Å². The molecule has 2 aromatic rings. The fourth-order valence-corrected chi connectivity index (χ4v) is 2.36. The average molecular weight is 311 g/mol. The van der Waals surface area contributed by atoms with Gasteiger partial charge in [0, 0.05) is 36.5 Å². The molecule has 0 saturated carbocycles. The van der Waals surface area contributed by atoms with Crippen molar-refractivity contribution >= 4 is 24.0 Å². The summed E-state index contributed by atoms with van der Waals surface area (Å²) in [6.45, 7) is 3.27. The first-order valence-corrected chi connectivity index (χ1v) is 6.49. The Morgan fingerprint density at radius 1 is 1.43 bits per heavy atom. The third-order valence-electron chi connectivity index (χ3n) is 3.46. The number of amides is 1. The molecule has 21 heavy (non-hydrogen) atoms. The van der Waals surface area contributed by atoms with Gasteiger partial charge in [0.15, 0.2) is 5.69 Å². The third-order valence-corrected chi connectivity index (χ3v) is 3.46. The molecule has 5 nitrogen and oxygen atoms in total. The van der Waals surface area contributed by atoms with E-state index in [-0.39, 0.29) is 24.1 Å². The lowest BCUT2D eigenvalue weighted by atomic mass is 10.1. The minimum atomic E-state index is -0.318. The molecule has 1 aliphatic rings. The van der Waals surface area contributed by atoms with Crippen LogP contribution in [0.5, 0.6) is 0 Å².